The zero-order valence-corrected chi connectivity index (χ0v) is 27.6. The van der Waals surface area contributed by atoms with E-state index in [1.165, 1.54) is 18.9 Å². The van der Waals surface area contributed by atoms with Crippen LogP contribution in [0.3, 0.4) is 0 Å². The van der Waals surface area contributed by atoms with Crippen LogP contribution in [0.1, 0.15) is 104 Å². The lowest BCUT2D eigenvalue weighted by Gasteiger charge is -2.41. The molecule has 1 aliphatic heterocycles. The summed E-state index contributed by atoms with van der Waals surface area (Å²) in [5.41, 5.74) is 0. The Morgan fingerprint density at radius 3 is 2.11 bits per heavy atom. The van der Waals surface area contributed by atoms with Crippen molar-refractivity contribution in [1.82, 2.24) is 5.32 Å². The predicted molar refractivity (Wildman–Crippen MR) is 168 cm³/mol. The van der Waals surface area contributed by atoms with Crippen LogP contribution in [0.5, 0.6) is 0 Å². The third-order valence-electron chi connectivity index (χ3n) is 7.58. The van der Waals surface area contributed by atoms with Gasteiger partial charge in [-0.3, -0.25) is 9.35 Å². The van der Waals surface area contributed by atoms with Gasteiger partial charge in [-0.1, -0.05) is 89.5 Å². The first-order valence-corrected chi connectivity index (χ1v) is 17.7. The van der Waals surface area contributed by atoms with E-state index in [0.29, 0.717) is 12.8 Å². The number of carbonyl (C=O) groups excluding carboxylic acids is 1. The molecule has 45 heavy (non-hydrogen) atoms. The average molecular weight is 668 g/mol. The summed E-state index contributed by atoms with van der Waals surface area (Å²) in [5.74, 6) is -0.723. The first-order chi connectivity index (χ1) is 21.4. The molecule has 1 saturated heterocycles. The van der Waals surface area contributed by atoms with Gasteiger partial charge in [0.05, 0.1) is 25.4 Å². The van der Waals surface area contributed by atoms with Gasteiger partial charge in [-0.15, -0.1) is 0 Å². The monoisotopic (exact) mass is 667 g/mol. The summed E-state index contributed by atoms with van der Waals surface area (Å²) in [5, 5.41) is 54.3. The van der Waals surface area contributed by atoms with E-state index in [1.807, 2.05) is 0 Å². The number of amides is 1. The third kappa shape index (κ3) is 17.9. The molecule has 0 aliphatic carbocycles. The molecular formula is C31H57NO12S. The highest BCUT2D eigenvalue weighted by molar-refractivity contribution is 7.80. The molecule has 1 aliphatic rings. The Bertz CT molecular complexity index is 947. The maximum Gasteiger partial charge on any atom is 0.397 e. The normalized spacial score (nSPS) is 24.7. The summed E-state index contributed by atoms with van der Waals surface area (Å²) in [6.45, 7) is 2.99. The largest absolute Gasteiger partial charge is 0.397 e. The number of ether oxygens (including phenoxy) is 2. The molecule has 0 radical (unpaired) electrons. The number of nitrogens with one attached hydrogen (secondary N) is 1. The maximum atomic E-state index is 12.8. The molecule has 8 unspecified atom stereocenters. The molecule has 0 saturated carbocycles. The SMILES string of the molecule is CCCC/C=C\CCCCCCC(O)C(=O)NC(COC1OC(CO)C(O)C(OS(=O)(=O)O)C1O)C(O)/C=C/CCCCCC. The molecular weight excluding hydrogens is 610 g/mol. The lowest BCUT2D eigenvalue weighted by molar-refractivity contribution is -0.298. The summed E-state index contributed by atoms with van der Waals surface area (Å²) in [6, 6.07) is -1.12. The van der Waals surface area contributed by atoms with Gasteiger partial charge in [0.15, 0.2) is 6.29 Å². The molecule has 0 aromatic rings. The number of carbonyl (C=O) groups is 1. The molecule has 0 aromatic carbocycles. The zero-order valence-electron chi connectivity index (χ0n) is 26.8. The first kappa shape index (κ1) is 41.6. The molecule has 1 rings (SSSR count). The van der Waals surface area contributed by atoms with Crippen molar-refractivity contribution in [1.29, 1.82) is 0 Å². The molecule has 1 amide bonds. The van der Waals surface area contributed by atoms with Gasteiger partial charge in [-0.25, -0.2) is 4.18 Å². The van der Waals surface area contributed by atoms with E-state index < -0.39 is 78.5 Å². The number of unbranched alkanes of at least 4 members (excludes halogenated alkanes) is 10. The van der Waals surface area contributed by atoms with Crippen LogP contribution in [0.4, 0.5) is 0 Å². The van der Waals surface area contributed by atoms with E-state index in [4.69, 9.17) is 14.0 Å². The van der Waals surface area contributed by atoms with Crippen LogP contribution in [0.25, 0.3) is 0 Å². The van der Waals surface area contributed by atoms with Gasteiger partial charge in [0.25, 0.3) is 0 Å². The molecule has 13 nitrogen and oxygen atoms in total. The van der Waals surface area contributed by atoms with Gasteiger partial charge < -0.3 is 40.3 Å². The van der Waals surface area contributed by atoms with Gasteiger partial charge in [-0.2, -0.15) is 8.42 Å². The Kier molecular flexibility index (Phi) is 22.0. The summed E-state index contributed by atoms with van der Waals surface area (Å²) in [4.78, 5) is 12.8. The Hall–Kier alpha value is -1.46. The van der Waals surface area contributed by atoms with Crippen molar-refractivity contribution in [2.45, 2.75) is 153 Å². The van der Waals surface area contributed by atoms with Crippen LogP contribution < -0.4 is 5.32 Å². The molecule has 0 bridgehead atoms. The Morgan fingerprint density at radius 2 is 1.49 bits per heavy atom. The van der Waals surface area contributed by atoms with Crippen molar-refractivity contribution in [2.24, 2.45) is 0 Å². The lowest BCUT2D eigenvalue weighted by atomic mass is 9.99. The van der Waals surface area contributed by atoms with Crippen LogP contribution in [0.15, 0.2) is 24.3 Å². The maximum absolute atomic E-state index is 12.8. The minimum absolute atomic E-state index is 0.226. The minimum Gasteiger partial charge on any atom is -0.394 e. The predicted octanol–water partition coefficient (Wildman–Crippen LogP) is 2.45. The van der Waals surface area contributed by atoms with Crippen molar-refractivity contribution in [3.8, 4) is 0 Å². The highest BCUT2D eigenvalue weighted by Gasteiger charge is 2.48. The van der Waals surface area contributed by atoms with Crippen molar-refractivity contribution < 1.29 is 57.0 Å². The standard InChI is InChI=1S/C31H57NO12S/c1-3-5-7-9-11-12-13-14-16-18-20-25(35)30(38)32-23(24(34)19-17-15-10-8-6-4-2)22-42-31-28(37)29(44-45(39,40)41)27(36)26(21-33)43-31/h9,11,17,19,23-29,31,33-37H,3-8,10,12-16,18,20-22H2,1-2H3,(H,32,38)(H,39,40,41)/b11-9-,19-17+. The van der Waals surface area contributed by atoms with E-state index >= 15 is 0 Å². The van der Waals surface area contributed by atoms with Crippen LogP contribution in [-0.4, -0.2) is 107 Å². The van der Waals surface area contributed by atoms with E-state index in [0.717, 1.165) is 57.8 Å². The molecule has 14 heteroatoms. The van der Waals surface area contributed by atoms with E-state index in [1.54, 1.807) is 6.08 Å². The van der Waals surface area contributed by atoms with Gasteiger partial charge >= 0.3 is 10.4 Å². The number of allylic oxidation sites excluding steroid dienone is 3. The second-order valence-corrected chi connectivity index (χ2v) is 12.6. The van der Waals surface area contributed by atoms with Crippen LogP contribution in [-0.2, 0) is 28.9 Å². The lowest BCUT2D eigenvalue weighted by Crippen LogP contribution is -2.61. The van der Waals surface area contributed by atoms with Crippen molar-refractivity contribution in [2.75, 3.05) is 13.2 Å². The topological polar surface area (TPSA) is 212 Å². The molecule has 7 N–H and O–H groups in total. The molecule has 264 valence electrons. The number of aliphatic hydroxyl groups excluding tert-OH is 5. The number of rotatable bonds is 25. The van der Waals surface area contributed by atoms with E-state index in [9.17, 15) is 38.7 Å². The molecule has 0 aromatic heterocycles. The third-order valence-corrected chi connectivity index (χ3v) is 8.05. The summed E-state index contributed by atoms with van der Waals surface area (Å²) in [6.07, 6.45) is 9.23. The number of hydrogen-bond acceptors (Lipinski definition) is 11. The second kappa shape index (κ2) is 23.8. The Balaban J connectivity index is 2.78. The van der Waals surface area contributed by atoms with E-state index in [2.05, 4.69) is 35.5 Å². The summed E-state index contributed by atoms with van der Waals surface area (Å²) >= 11 is 0. The van der Waals surface area contributed by atoms with Gasteiger partial charge in [-0.05, 0) is 38.5 Å². The van der Waals surface area contributed by atoms with Crippen molar-refractivity contribution in [3.63, 3.8) is 0 Å². The average Bonchev–Trinajstić information content (AvgIpc) is 3.00. The number of hydrogen-bond donors (Lipinski definition) is 7. The van der Waals surface area contributed by atoms with Gasteiger partial charge in [0, 0.05) is 0 Å². The van der Waals surface area contributed by atoms with Crippen molar-refractivity contribution >= 4 is 16.3 Å². The van der Waals surface area contributed by atoms with Gasteiger partial charge in [0.2, 0.25) is 5.91 Å². The Labute approximate surface area is 268 Å². The minimum atomic E-state index is -5.10. The molecule has 8 atom stereocenters. The van der Waals surface area contributed by atoms with Crippen LogP contribution in [0, 0.1) is 0 Å². The first-order valence-electron chi connectivity index (χ1n) is 16.3. The quantitative estimate of drug-likeness (QED) is 0.0425. The Morgan fingerprint density at radius 1 is 0.889 bits per heavy atom. The second-order valence-electron chi connectivity index (χ2n) is 11.5. The smallest absolute Gasteiger partial charge is 0.394 e. The van der Waals surface area contributed by atoms with Gasteiger partial charge in [0.1, 0.15) is 30.5 Å². The number of aliphatic hydroxyl groups is 5. The fraction of sp³-hybridized carbons (Fsp3) is 0.839. The highest BCUT2D eigenvalue weighted by Crippen LogP contribution is 2.26. The van der Waals surface area contributed by atoms with Crippen LogP contribution >= 0.6 is 0 Å². The fourth-order valence-corrected chi connectivity index (χ4v) is 5.36. The van der Waals surface area contributed by atoms with Crippen molar-refractivity contribution in [3.05, 3.63) is 24.3 Å². The summed E-state index contributed by atoms with van der Waals surface area (Å²) < 4.78 is 46.9. The van der Waals surface area contributed by atoms with E-state index in [-0.39, 0.29) is 6.42 Å². The summed E-state index contributed by atoms with van der Waals surface area (Å²) in [7, 11) is -5.10. The highest BCUT2D eigenvalue weighted by atomic mass is 32.3. The molecule has 0 spiro atoms. The molecule has 1 heterocycles. The fourth-order valence-electron chi connectivity index (χ4n) is 4.85. The molecule has 1 fully saturated rings. The zero-order chi connectivity index (χ0) is 33.7. The van der Waals surface area contributed by atoms with Crippen LogP contribution in [0.2, 0.25) is 0 Å².